The summed E-state index contributed by atoms with van der Waals surface area (Å²) >= 11 is 0. The van der Waals surface area contributed by atoms with Crippen molar-refractivity contribution < 1.29 is 9.59 Å². The van der Waals surface area contributed by atoms with Gasteiger partial charge in [-0.25, -0.2) is 0 Å². The second-order valence-corrected chi connectivity index (χ2v) is 5.85. The molecule has 2 aliphatic carbocycles. The van der Waals surface area contributed by atoms with Crippen molar-refractivity contribution in [2.75, 3.05) is 4.90 Å². The van der Waals surface area contributed by atoms with Crippen LogP contribution in [0.4, 0.5) is 5.69 Å². The number of anilines is 1. The second-order valence-electron chi connectivity index (χ2n) is 5.85. The van der Waals surface area contributed by atoms with E-state index in [1.807, 2.05) is 31.2 Å². The molecular weight excluding hydrogens is 238 g/mol. The number of allylic oxidation sites excluding steroid dienone is 2. The molecule has 2 fully saturated rings. The van der Waals surface area contributed by atoms with Gasteiger partial charge in [0.15, 0.2) is 0 Å². The Balaban J connectivity index is 1.74. The molecule has 4 atom stereocenters. The van der Waals surface area contributed by atoms with Gasteiger partial charge in [-0.3, -0.25) is 14.5 Å². The van der Waals surface area contributed by atoms with Gasteiger partial charge in [0.05, 0.1) is 17.5 Å². The van der Waals surface area contributed by atoms with Gasteiger partial charge in [0.1, 0.15) is 0 Å². The van der Waals surface area contributed by atoms with Crippen LogP contribution in [0.2, 0.25) is 0 Å². The van der Waals surface area contributed by atoms with E-state index in [0.29, 0.717) is 0 Å². The smallest absolute Gasteiger partial charge is 0.238 e. The van der Waals surface area contributed by atoms with Crippen LogP contribution in [0.3, 0.4) is 0 Å². The van der Waals surface area contributed by atoms with Crippen molar-refractivity contribution in [3.05, 3.63) is 42.0 Å². The summed E-state index contributed by atoms with van der Waals surface area (Å²) < 4.78 is 0. The zero-order valence-electron chi connectivity index (χ0n) is 10.7. The first-order valence-corrected chi connectivity index (χ1v) is 6.79. The van der Waals surface area contributed by atoms with Gasteiger partial charge in [-0.1, -0.05) is 29.8 Å². The average molecular weight is 253 g/mol. The number of nitrogens with zero attached hydrogens (tertiary/aromatic N) is 1. The number of amides is 2. The maximum atomic E-state index is 12.5. The lowest BCUT2D eigenvalue weighted by atomic mass is 9.85. The average Bonchev–Trinajstić information content (AvgIpc) is 3.06. The molecule has 4 rings (SSSR count). The van der Waals surface area contributed by atoms with Crippen molar-refractivity contribution in [3.63, 3.8) is 0 Å². The summed E-state index contributed by atoms with van der Waals surface area (Å²) in [4.78, 5) is 26.5. The molecule has 0 aromatic heterocycles. The zero-order valence-corrected chi connectivity index (χ0v) is 10.7. The Morgan fingerprint density at radius 2 is 1.47 bits per heavy atom. The highest BCUT2D eigenvalue weighted by atomic mass is 16.2. The highest BCUT2D eigenvalue weighted by Gasteiger charge is 2.59. The van der Waals surface area contributed by atoms with Crippen LogP contribution in [0.25, 0.3) is 0 Å². The van der Waals surface area contributed by atoms with Gasteiger partial charge in [-0.2, -0.15) is 0 Å². The molecule has 0 N–H and O–H groups in total. The van der Waals surface area contributed by atoms with Gasteiger partial charge in [-0.05, 0) is 37.3 Å². The molecule has 2 amide bonds. The summed E-state index contributed by atoms with van der Waals surface area (Å²) in [6.07, 6.45) is 5.22. The number of fused-ring (bicyclic) bond motifs is 5. The summed E-state index contributed by atoms with van der Waals surface area (Å²) in [7, 11) is 0. The summed E-state index contributed by atoms with van der Waals surface area (Å²) in [6.45, 7) is 2.00. The lowest BCUT2D eigenvalue weighted by molar-refractivity contribution is -0.123. The van der Waals surface area contributed by atoms with E-state index in [9.17, 15) is 9.59 Å². The standard InChI is InChI=1S/C16H15NO2/c1-9-2-6-12(7-3-9)17-15(18)13-10-4-5-11(8-10)14(13)16(17)19/h2-7,10-11,13-14H,8H2,1H3/t10-,11+,13-,14+. The Bertz CT molecular complexity index is 572. The summed E-state index contributed by atoms with van der Waals surface area (Å²) in [5.41, 5.74) is 1.85. The number of rotatable bonds is 1. The summed E-state index contributed by atoms with van der Waals surface area (Å²) in [5, 5.41) is 0. The van der Waals surface area contributed by atoms with Gasteiger partial charge in [0, 0.05) is 0 Å². The van der Waals surface area contributed by atoms with Gasteiger partial charge in [-0.15, -0.1) is 0 Å². The Morgan fingerprint density at radius 3 is 2.00 bits per heavy atom. The molecule has 3 aliphatic rings. The molecule has 96 valence electrons. The van der Waals surface area contributed by atoms with Crippen LogP contribution in [-0.4, -0.2) is 11.8 Å². The minimum absolute atomic E-state index is 0.00398. The third kappa shape index (κ3) is 1.33. The van der Waals surface area contributed by atoms with Crippen LogP contribution < -0.4 is 4.90 Å². The number of hydrogen-bond acceptors (Lipinski definition) is 2. The molecule has 1 aliphatic heterocycles. The Kier molecular flexibility index (Phi) is 2.06. The van der Waals surface area contributed by atoms with E-state index in [1.165, 1.54) is 4.90 Å². The summed E-state index contributed by atoms with van der Waals surface area (Å²) in [5.74, 6) is 0.336. The molecular formula is C16H15NO2. The molecule has 0 spiro atoms. The van der Waals surface area contributed by atoms with Crippen molar-refractivity contribution in [2.24, 2.45) is 23.7 Å². The molecule has 0 unspecified atom stereocenters. The number of imide groups is 1. The largest absolute Gasteiger partial charge is 0.274 e. The normalized spacial score (nSPS) is 35.3. The number of aryl methyl sites for hydroxylation is 1. The minimum atomic E-state index is -0.108. The van der Waals surface area contributed by atoms with Crippen LogP contribution in [0.1, 0.15) is 12.0 Å². The minimum Gasteiger partial charge on any atom is -0.274 e. The van der Waals surface area contributed by atoms with E-state index >= 15 is 0 Å². The van der Waals surface area contributed by atoms with Crippen molar-refractivity contribution in [1.82, 2.24) is 0 Å². The molecule has 1 aromatic carbocycles. The van der Waals surface area contributed by atoms with Crippen LogP contribution >= 0.6 is 0 Å². The third-order valence-electron chi connectivity index (χ3n) is 4.76. The highest BCUT2D eigenvalue weighted by molar-refractivity contribution is 6.22. The van der Waals surface area contributed by atoms with Crippen molar-refractivity contribution in [1.29, 1.82) is 0 Å². The molecule has 1 saturated carbocycles. The Morgan fingerprint density at radius 1 is 0.947 bits per heavy atom. The monoisotopic (exact) mass is 253 g/mol. The molecule has 1 heterocycles. The fraction of sp³-hybridized carbons (Fsp3) is 0.375. The van der Waals surface area contributed by atoms with Crippen LogP contribution in [0, 0.1) is 30.6 Å². The van der Waals surface area contributed by atoms with E-state index in [1.54, 1.807) is 0 Å². The number of hydrogen-bond donors (Lipinski definition) is 0. The van der Waals surface area contributed by atoms with E-state index < -0.39 is 0 Å². The van der Waals surface area contributed by atoms with E-state index in [4.69, 9.17) is 0 Å². The van der Waals surface area contributed by atoms with E-state index in [0.717, 1.165) is 17.7 Å². The fourth-order valence-corrected chi connectivity index (χ4v) is 3.85. The summed E-state index contributed by atoms with van der Waals surface area (Å²) in [6, 6.07) is 7.61. The van der Waals surface area contributed by atoms with Crippen molar-refractivity contribution in [2.45, 2.75) is 13.3 Å². The van der Waals surface area contributed by atoms with Crippen molar-refractivity contribution in [3.8, 4) is 0 Å². The maximum absolute atomic E-state index is 12.5. The molecule has 1 aromatic rings. The zero-order chi connectivity index (χ0) is 13.1. The van der Waals surface area contributed by atoms with Crippen LogP contribution in [0.5, 0.6) is 0 Å². The second kappa shape index (κ2) is 3.56. The Hall–Kier alpha value is -1.90. The van der Waals surface area contributed by atoms with Gasteiger partial charge in [0.2, 0.25) is 11.8 Å². The van der Waals surface area contributed by atoms with Crippen LogP contribution in [-0.2, 0) is 9.59 Å². The first-order chi connectivity index (χ1) is 9.16. The predicted molar refractivity (Wildman–Crippen MR) is 71.4 cm³/mol. The number of carbonyl (C=O) groups excluding carboxylic acids is 2. The van der Waals surface area contributed by atoms with Gasteiger partial charge < -0.3 is 0 Å². The quantitative estimate of drug-likeness (QED) is 0.569. The number of benzene rings is 1. The predicted octanol–water partition coefficient (Wildman–Crippen LogP) is 2.31. The fourth-order valence-electron chi connectivity index (χ4n) is 3.85. The molecule has 3 heteroatoms. The first-order valence-electron chi connectivity index (χ1n) is 6.79. The number of carbonyl (C=O) groups is 2. The SMILES string of the molecule is Cc1ccc(N2C(=O)[C@@H]3[C@H](C2=O)[C@@H]2C=C[C@H]3C2)cc1. The molecule has 1 saturated heterocycles. The molecule has 2 bridgehead atoms. The highest BCUT2D eigenvalue weighted by Crippen LogP contribution is 2.53. The topological polar surface area (TPSA) is 37.4 Å². The van der Waals surface area contributed by atoms with Gasteiger partial charge in [0.25, 0.3) is 0 Å². The lowest BCUT2D eigenvalue weighted by Crippen LogP contribution is -2.32. The lowest BCUT2D eigenvalue weighted by Gasteiger charge is -2.17. The first kappa shape index (κ1) is 11.0. The maximum Gasteiger partial charge on any atom is 0.238 e. The van der Waals surface area contributed by atoms with E-state index in [-0.39, 0.29) is 35.5 Å². The van der Waals surface area contributed by atoms with E-state index in [2.05, 4.69) is 12.2 Å². The Labute approximate surface area is 111 Å². The molecule has 19 heavy (non-hydrogen) atoms. The van der Waals surface area contributed by atoms with Crippen LogP contribution in [0.15, 0.2) is 36.4 Å². The van der Waals surface area contributed by atoms with Gasteiger partial charge >= 0.3 is 0 Å². The third-order valence-corrected chi connectivity index (χ3v) is 4.76. The van der Waals surface area contributed by atoms with Crippen molar-refractivity contribution >= 4 is 17.5 Å². The molecule has 3 nitrogen and oxygen atoms in total. The molecule has 0 radical (unpaired) electrons.